The van der Waals surface area contributed by atoms with Gasteiger partial charge in [0.05, 0.1) is 0 Å². The number of hydrogen-bond acceptors (Lipinski definition) is 1. The first-order valence-electron chi connectivity index (χ1n) is 3.31. The van der Waals surface area contributed by atoms with E-state index in [-0.39, 0.29) is 0 Å². The molecule has 0 aliphatic heterocycles. The van der Waals surface area contributed by atoms with Gasteiger partial charge in [-0.15, -0.1) is 0 Å². The van der Waals surface area contributed by atoms with Gasteiger partial charge in [-0.25, -0.2) is 0 Å². The smallest absolute Gasteiger partial charge is 0.124 e. The van der Waals surface area contributed by atoms with Gasteiger partial charge in [0.25, 0.3) is 0 Å². The highest BCUT2D eigenvalue weighted by atomic mass is 16.1. The van der Waals surface area contributed by atoms with Crippen LogP contribution in [0.2, 0.25) is 0 Å². The molecular formula is C8H14O. The van der Waals surface area contributed by atoms with E-state index in [4.69, 9.17) is 0 Å². The zero-order chi connectivity index (χ0) is 7.28. The zero-order valence-electron chi connectivity index (χ0n) is 6.40. The summed E-state index contributed by atoms with van der Waals surface area (Å²) >= 11 is 0. The van der Waals surface area contributed by atoms with E-state index in [0.717, 1.165) is 12.7 Å². The second-order valence-electron chi connectivity index (χ2n) is 2.29. The minimum atomic E-state index is 0.597. The fraction of sp³-hybridized carbons (Fsp3) is 0.625. The lowest BCUT2D eigenvalue weighted by Crippen LogP contribution is -1.83. The Kier molecular flexibility index (Phi) is 4.02. The molecule has 1 nitrogen and oxygen atoms in total. The predicted octanol–water partition coefficient (Wildman–Crippen LogP) is 2.32. The Hall–Kier alpha value is -0.590. The molecule has 0 unspecified atom stereocenters. The fourth-order valence-electron chi connectivity index (χ4n) is 0.601. The lowest BCUT2D eigenvalue weighted by molar-refractivity contribution is -0.107. The summed E-state index contributed by atoms with van der Waals surface area (Å²) in [5.74, 6) is 0. The Bertz CT molecular complexity index is 123. The number of rotatable bonds is 3. The molecule has 9 heavy (non-hydrogen) atoms. The maximum atomic E-state index is 10.0. The first-order chi connectivity index (χ1) is 4.22. The van der Waals surface area contributed by atoms with Crippen molar-refractivity contribution in [1.82, 2.24) is 0 Å². The molecule has 0 fully saturated rings. The molecule has 0 aliphatic rings. The number of carbonyl (C=O) groups excluding carboxylic acids is 1. The van der Waals surface area contributed by atoms with Crippen molar-refractivity contribution in [2.75, 3.05) is 0 Å². The van der Waals surface area contributed by atoms with Crippen molar-refractivity contribution in [3.05, 3.63) is 11.1 Å². The van der Waals surface area contributed by atoms with Crippen molar-refractivity contribution >= 4 is 6.29 Å². The maximum Gasteiger partial charge on any atom is 0.124 e. The Morgan fingerprint density at radius 3 is 2.22 bits per heavy atom. The third-order valence-electron chi connectivity index (χ3n) is 1.65. The third kappa shape index (κ3) is 3.07. The molecule has 1 heteroatoms. The summed E-state index contributed by atoms with van der Waals surface area (Å²) in [7, 11) is 0. The number of allylic oxidation sites excluding steroid dienone is 2. The van der Waals surface area contributed by atoms with Crippen LogP contribution in [0, 0.1) is 0 Å². The van der Waals surface area contributed by atoms with Gasteiger partial charge >= 0.3 is 0 Å². The molecule has 0 amide bonds. The quantitative estimate of drug-likeness (QED) is 0.419. The second kappa shape index (κ2) is 4.30. The molecule has 0 aromatic carbocycles. The summed E-state index contributed by atoms with van der Waals surface area (Å²) < 4.78 is 0. The first kappa shape index (κ1) is 8.41. The van der Waals surface area contributed by atoms with E-state index in [9.17, 15) is 4.79 Å². The van der Waals surface area contributed by atoms with Crippen molar-refractivity contribution in [2.24, 2.45) is 0 Å². The van der Waals surface area contributed by atoms with Crippen molar-refractivity contribution in [2.45, 2.75) is 33.6 Å². The van der Waals surface area contributed by atoms with E-state index >= 15 is 0 Å². The lowest BCUT2D eigenvalue weighted by Gasteiger charge is -1.98. The van der Waals surface area contributed by atoms with Gasteiger partial charge in [-0.3, -0.25) is 0 Å². The molecule has 0 rings (SSSR count). The van der Waals surface area contributed by atoms with Crippen LogP contribution in [-0.2, 0) is 4.79 Å². The average Bonchev–Trinajstić information content (AvgIpc) is 1.87. The van der Waals surface area contributed by atoms with Crippen molar-refractivity contribution in [3.8, 4) is 0 Å². The van der Waals surface area contributed by atoms with Gasteiger partial charge in [0, 0.05) is 6.42 Å². The van der Waals surface area contributed by atoms with Gasteiger partial charge in [-0.05, 0) is 20.3 Å². The summed E-state index contributed by atoms with van der Waals surface area (Å²) in [4.78, 5) is 10.0. The third-order valence-corrected chi connectivity index (χ3v) is 1.65. The van der Waals surface area contributed by atoms with Crippen LogP contribution in [-0.4, -0.2) is 6.29 Å². The highest BCUT2D eigenvalue weighted by molar-refractivity contribution is 5.54. The minimum Gasteiger partial charge on any atom is -0.303 e. The fourth-order valence-corrected chi connectivity index (χ4v) is 0.601. The van der Waals surface area contributed by atoms with Gasteiger partial charge in [0.2, 0.25) is 0 Å². The molecule has 0 atom stereocenters. The van der Waals surface area contributed by atoms with Crippen LogP contribution in [0.4, 0.5) is 0 Å². The Labute approximate surface area is 56.8 Å². The highest BCUT2D eigenvalue weighted by Crippen LogP contribution is 2.08. The Morgan fingerprint density at radius 2 is 1.89 bits per heavy atom. The van der Waals surface area contributed by atoms with Gasteiger partial charge in [0.15, 0.2) is 0 Å². The molecule has 0 bridgehead atoms. The van der Waals surface area contributed by atoms with Crippen LogP contribution in [0.25, 0.3) is 0 Å². The number of aldehydes is 1. The summed E-state index contributed by atoms with van der Waals surface area (Å²) in [6, 6.07) is 0. The van der Waals surface area contributed by atoms with E-state index in [1.54, 1.807) is 0 Å². The molecule has 0 saturated heterocycles. The van der Waals surface area contributed by atoms with Crippen LogP contribution in [0.15, 0.2) is 11.1 Å². The molecule has 0 aromatic heterocycles. The molecule has 0 spiro atoms. The van der Waals surface area contributed by atoms with Crippen LogP contribution < -0.4 is 0 Å². The molecule has 0 aliphatic carbocycles. The van der Waals surface area contributed by atoms with Crippen molar-refractivity contribution in [1.29, 1.82) is 0 Å². The topological polar surface area (TPSA) is 17.1 Å². The van der Waals surface area contributed by atoms with E-state index in [1.165, 1.54) is 11.1 Å². The normalized spacial score (nSPS) is 12.8. The van der Waals surface area contributed by atoms with Crippen LogP contribution >= 0.6 is 0 Å². The van der Waals surface area contributed by atoms with E-state index in [1.807, 2.05) is 6.92 Å². The largest absolute Gasteiger partial charge is 0.303 e. The summed E-state index contributed by atoms with van der Waals surface area (Å²) in [6.45, 7) is 6.18. The maximum absolute atomic E-state index is 10.0. The standard InChI is InChI=1S/C8H14O/c1-4-7(2)8(3)5-6-9/h6H,4-5H2,1-3H3/b8-7-. The molecule has 0 aromatic rings. The Balaban J connectivity index is 3.92. The van der Waals surface area contributed by atoms with Gasteiger partial charge < -0.3 is 4.79 Å². The second-order valence-corrected chi connectivity index (χ2v) is 2.29. The average molecular weight is 126 g/mol. The highest BCUT2D eigenvalue weighted by Gasteiger charge is 1.91. The van der Waals surface area contributed by atoms with Gasteiger partial charge in [-0.1, -0.05) is 18.1 Å². The van der Waals surface area contributed by atoms with Gasteiger partial charge in [-0.2, -0.15) is 0 Å². The van der Waals surface area contributed by atoms with E-state index < -0.39 is 0 Å². The Morgan fingerprint density at radius 1 is 1.33 bits per heavy atom. The van der Waals surface area contributed by atoms with E-state index in [2.05, 4.69) is 13.8 Å². The van der Waals surface area contributed by atoms with Crippen LogP contribution in [0.5, 0.6) is 0 Å². The molecule has 52 valence electrons. The molecule has 0 saturated carbocycles. The first-order valence-corrected chi connectivity index (χ1v) is 3.31. The SMILES string of the molecule is CC/C(C)=C(/C)CC=O. The van der Waals surface area contributed by atoms with Crippen LogP contribution in [0.1, 0.15) is 33.6 Å². The summed E-state index contributed by atoms with van der Waals surface area (Å²) in [6.07, 6.45) is 2.60. The zero-order valence-corrected chi connectivity index (χ0v) is 6.40. The van der Waals surface area contributed by atoms with Crippen molar-refractivity contribution < 1.29 is 4.79 Å². The van der Waals surface area contributed by atoms with Crippen LogP contribution in [0.3, 0.4) is 0 Å². The van der Waals surface area contributed by atoms with Gasteiger partial charge in [0.1, 0.15) is 6.29 Å². The minimum absolute atomic E-state index is 0.597. The predicted molar refractivity (Wildman–Crippen MR) is 39.3 cm³/mol. The lowest BCUT2D eigenvalue weighted by atomic mass is 10.1. The molecular weight excluding hydrogens is 112 g/mol. The number of hydrogen-bond donors (Lipinski definition) is 0. The summed E-state index contributed by atoms with van der Waals surface area (Å²) in [5.41, 5.74) is 2.55. The van der Waals surface area contributed by atoms with E-state index in [0.29, 0.717) is 6.42 Å². The molecule has 0 N–H and O–H groups in total. The summed E-state index contributed by atoms with van der Waals surface area (Å²) in [5, 5.41) is 0. The van der Waals surface area contributed by atoms with Crippen molar-refractivity contribution in [3.63, 3.8) is 0 Å². The monoisotopic (exact) mass is 126 g/mol. The molecule has 0 radical (unpaired) electrons. The number of carbonyl (C=O) groups is 1. The molecule has 0 heterocycles.